The van der Waals surface area contributed by atoms with Crippen LogP contribution in [-0.4, -0.2) is 38.8 Å². The van der Waals surface area contributed by atoms with Crippen LogP contribution in [0.5, 0.6) is 0 Å². The van der Waals surface area contributed by atoms with Gasteiger partial charge >= 0.3 is 0 Å². The second kappa shape index (κ2) is 9.24. The van der Waals surface area contributed by atoms with Crippen molar-refractivity contribution in [2.45, 2.75) is 39.7 Å². The predicted molar refractivity (Wildman–Crippen MR) is 133 cm³/mol. The molecule has 170 valence electrons. The van der Waals surface area contributed by atoms with Crippen molar-refractivity contribution in [1.82, 2.24) is 19.9 Å². The number of benzene rings is 2. The summed E-state index contributed by atoms with van der Waals surface area (Å²) in [4.78, 5) is 26.8. The standard InChI is InChI=1S/C27H31N5O/c1-3-26-28-18(2)25(31-26)17-32-14-12-20(13-15-32)27(33)29-22-10-8-19(9-11-22)24-16-21-6-4-5-7-23(21)30-24/h4-11,16,20,30H,3,12-15,17H2,1-2H3,(H,28,31)(H,29,33). The second-order valence-corrected chi connectivity index (χ2v) is 9.00. The van der Waals surface area contributed by atoms with Crippen LogP contribution in [0.25, 0.3) is 22.2 Å². The van der Waals surface area contributed by atoms with Crippen LogP contribution < -0.4 is 5.32 Å². The third kappa shape index (κ3) is 4.71. The number of aromatic amines is 2. The van der Waals surface area contributed by atoms with Crippen LogP contribution in [0.3, 0.4) is 0 Å². The van der Waals surface area contributed by atoms with Gasteiger partial charge in [0.05, 0.1) is 5.69 Å². The van der Waals surface area contributed by atoms with E-state index in [0.717, 1.165) is 78.6 Å². The average molecular weight is 442 g/mol. The number of carbonyl (C=O) groups excluding carboxylic acids is 1. The molecule has 2 aromatic carbocycles. The van der Waals surface area contributed by atoms with Gasteiger partial charge in [-0.2, -0.15) is 0 Å². The molecule has 1 amide bonds. The summed E-state index contributed by atoms with van der Waals surface area (Å²) in [5.41, 5.74) is 6.45. The van der Waals surface area contributed by atoms with Gasteiger partial charge in [-0.15, -0.1) is 0 Å². The van der Waals surface area contributed by atoms with Crippen LogP contribution >= 0.6 is 0 Å². The normalized spacial score (nSPS) is 15.2. The Hall–Kier alpha value is -3.38. The molecular weight excluding hydrogens is 410 g/mol. The average Bonchev–Trinajstić information content (AvgIpc) is 3.43. The molecule has 1 aliphatic heterocycles. The molecule has 6 heteroatoms. The monoisotopic (exact) mass is 441 g/mol. The predicted octanol–water partition coefficient (Wildman–Crippen LogP) is 5.28. The summed E-state index contributed by atoms with van der Waals surface area (Å²) >= 11 is 0. The molecule has 0 bridgehead atoms. The number of hydrogen-bond acceptors (Lipinski definition) is 3. The van der Waals surface area contributed by atoms with Gasteiger partial charge in [-0.3, -0.25) is 9.69 Å². The summed E-state index contributed by atoms with van der Waals surface area (Å²) < 4.78 is 0. The molecule has 0 radical (unpaired) electrons. The van der Waals surface area contributed by atoms with Gasteiger partial charge in [-0.1, -0.05) is 37.3 Å². The van der Waals surface area contributed by atoms with E-state index >= 15 is 0 Å². The molecule has 33 heavy (non-hydrogen) atoms. The third-order valence-corrected chi connectivity index (χ3v) is 6.69. The molecule has 1 saturated heterocycles. The fourth-order valence-electron chi connectivity index (χ4n) is 4.66. The van der Waals surface area contributed by atoms with E-state index in [4.69, 9.17) is 4.98 Å². The molecule has 0 spiro atoms. The van der Waals surface area contributed by atoms with Crippen molar-refractivity contribution in [1.29, 1.82) is 0 Å². The number of aromatic nitrogens is 3. The summed E-state index contributed by atoms with van der Waals surface area (Å²) in [6.07, 6.45) is 2.68. The lowest BCUT2D eigenvalue weighted by molar-refractivity contribution is -0.121. The molecule has 3 heterocycles. The second-order valence-electron chi connectivity index (χ2n) is 9.00. The number of para-hydroxylation sites is 1. The summed E-state index contributed by atoms with van der Waals surface area (Å²) in [6, 6.07) is 18.5. The maximum Gasteiger partial charge on any atom is 0.227 e. The SMILES string of the molecule is CCc1nc(CN2CCC(C(=O)Nc3ccc(-c4cc5ccccc5[nH]4)cc3)CC2)c(C)[nH]1. The molecule has 4 aromatic rings. The van der Waals surface area contributed by atoms with Crippen LogP contribution in [0.2, 0.25) is 0 Å². The number of nitrogens with one attached hydrogen (secondary N) is 3. The topological polar surface area (TPSA) is 76.8 Å². The zero-order valence-corrected chi connectivity index (χ0v) is 19.3. The molecule has 0 atom stereocenters. The molecule has 1 fully saturated rings. The molecule has 2 aromatic heterocycles. The van der Waals surface area contributed by atoms with Crippen LogP contribution in [0.15, 0.2) is 54.6 Å². The van der Waals surface area contributed by atoms with E-state index in [2.05, 4.69) is 64.4 Å². The van der Waals surface area contributed by atoms with E-state index in [0.29, 0.717) is 0 Å². The Morgan fingerprint density at radius 1 is 1.09 bits per heavy atom. The number of aryl methyl sites for hydroxylation is 2. The van der Waals surface area contributed by atoms with Gasteiger partial charge in [0.25, 0.3) is 0 Å². The number of amides is 1. The number of fused-ring (bicyclic) bond motifs is 1. The first-order chi connectivity index (χ1) is 16.1. The van der Waals surface area contributed by atoms with E-state index in [1.54, 1.807) is 0 Å². The quantitative estimate of drug-likeness (QED) is 0.381. The number of H-pyrrole nitrogens is 2. The van der Waals surface area contributed by atoms with Crippen molar-refractivity contribution in [3.05, 3.63) is 71.8 Å². The first-order valence-electron chi connectivity index (χ1n) is 11.8. The first-order valence-corrected chi connectivity index (χ1v) is 11.8. The van der Waals surface area contributed by atoms with Crippen LogP contribution in [0.1, 0.15) is 37.0 Å². The van der Waals surface area contributed by atoms with E-state index in [1.165, 1.54) is 5.39 Å². The number of piperidine rings is 1. The Balaban J connectivity index is 1.15. The van der Waals surface area contributed by atoms with Gasteiger partial charge in [0, 0.05) is 46.9 Å². The van der Waals surface area contributed by atoms with Gasteiger partial charge in [0.1, 0.15) is 5.82 Å². The highest BCUT2D eigenvalue weighted by molar-refractivity contribution is 5.93. The number of hydrogen-bond donors (Lipinski definition) is 3. The summed E-state index contributed by atoms with van der Waals surface area (Å²) in [5, 5.41) is 4.32. The highest BCUT2D eigenvalue weighted by Crippen LogP contribution is 2.26. The highest BCUT2D eigenvalue weighted by atomic mass is 16.1. The summed E-state index contributed by atoms with van der Waals surface area (Å²) in [5.74, 6) is 1.23. The molecule has 0 unspecified atom stereocenters. The zero-order chi connectivity index (χ0) is 22.8. The van der Waals surface area contributed by atoms with Crippen molar-refractivity contribution in [3.8, 4) is 11.3 Å². The van der Waals surface area contributed by atoms with E-state index in [-0.39, 0.29) is 11.8 Å². The van der Waals surface area contributed by atoms with Crippen LogP contribution in [0.4, 0.5) is 5.69 Å². The van der Waals surface area contributed by atoms with Crippen LogP contribution in [-0.2, 0) is 17.8 Å². The maximum atomic E-state index is 12.8. The smallest absolute Gasteiger partial charge is 0.227 e. The van der Waals surface area contributed by atoms with Gasteiger partial charge in [-0.05, 0) is 62.7 Å². The van der Waals surface area contributed by atoms with E-state index in [1.807, 2.05) is 24.3 Å². The molecule has 3 N–H and O–H groups in total. The minimum absolute atomic E-state index is 0.0566. The summed E-state index contributed by atoms with van der Waals surface area (Å²) in [7, 11) is 0. The van der Waals surface area contributed by atoms with Crippen molar-refractivity contribution in [3.63, 3.8) is 0 Å². The number of carbonyl (C=O) groups is 1. The summed E-state index contributed by atoms with van der Waals surface area (Å²) in [6.45, 7) is 6.90. The first kappa shape index (κ1) is 21.5. The van der Waals surface area contributed by atoms with Gasteiger partial charge < -0.3 is 15.3 Å². The fraction of sp³-hybridized carbons (Fsp3) is 0.333. The van der Waals surface area contributed by atoms with E-state index in [9.17, 15) is 4.79 Å². The number of rotatable bonds is 6. The van der Waals surface area contributed by atoms with Crippen molar-refractivity contribution in [2.75, 3.05) is 18.4 Å². The minimum atomic E-state index is 0.0566. The minimum Gasteiger partial charge on any atom is -0.355 e. The highest BCUT2D eigenvalue weighted by Gasteiger charge is 2.25. The molecule has 0 saturated carbocycles. The number of imidazole rings is 1. The number of nitrogens with zero attached hydrogens (tertiary/aromatic N) is 2. The van der Waals surface area contributed by atoms with Crippen molar-refractivity contribution in [2.24, 2.45) is 5.92 Å². The Labute approximate surface area is 194 Å². The van der Waals surface area contributed by atoms with Crippen molar-refractivity contribution >= 4 is 22.5 Å². The third-order valence-electron chi connectivity index (χ3n) is 6.69. The Bertz CT molecular complexity index is 1210. The largest absolute Gasteiger partial charge is 0.355 e. The zero-order valence-electron chi connectivity index (χ0n) is 19.3. The molecule has 1 aliphatic rings. The Morgan fingerprint density at radius 2 is 1.85 bits per heavy atom. The molecule has 5 rings (SSSR count). The molecule has 0 aliphatic carbocycles. The van der Waals surface area contributed by atoms with Crippen LogP contribution in [0, 0.1) is 12.8 Å². The van der Waals surface area contributed by atoms with Gasteiger partial charge in [0.2, 0.25) is 5.91 Å². The lowest BCUT2D eigenvalue weighted by Crippen LogP contribution is -2.38. The Morgan fingerprint density at radius 3 is 2.55 bits per heavy atom. The van der Waals surface area contributed by atoms with Gasteiger partial charge in [0.15, 0.2) is 0 Å². The number of anilines is 1. The molecular formula is C27H31N5O. The lowest BCUT2D eigenvalue weighted by atomic mass is 9.95. The fourth-order valence-corrected chi connectivity index (χ4v) is 4.66. The van der Waals surface area contributed by atoms with Crippen molar-refractivity contribution < 1.29 is 4.79 Å². The van der Waals surface area contributed by atoms with E-state index < -0.39 is 0 Å². The maximum absolute atomic E-state index is 12.8. The number of likely N-dealkylation sites (tertiary alicyclic amines) is 1. The Kier molecular flexibility index (Phi) is 6.01. The lowest BCUT2D eigenvalue weighted by Gasteiger charge is -2.30. The van der Waals surface area contributed by atoms with Gasteiger partial charge in [-0.25, -0.2) is 4.98 Å². The molecule has 6 nitrogen and oxygen atoms in total.